The Kier molecular flexibility index (Phi) is 8.80. The molecule has 3 heterocycles. The van der Waals surface area contributed by atoms with Gasteiger partial charge in [-0.05, 0) is 17.5 Å². The minimum atomic E-state index is -1.11. The van der Waals surface area contributed by atoms with E-state index in [0.717, 1.165) is 5.69 Å². The number of aliphatic hydroxyl groups is 2. The molecular weight excluding hydrogens is 558 g/mol. The van der Waals surface area contributed by atoms with E-state index in [0.29, 0.717) is 55.3 Å². The lowest BCUT2D eigenvalue weighted by Gasteiger charge is -2.20. The van der Waals surface area contributed by atoms with Crippen molar-refractivity contribution >= 4 is 28.8 Å². The molecule has 0 saturated heterocycles. The van der Waals surface area contributed by atoms with E-state index in [-0.39, 0.29) is 11.8 Å². The molecule has 44 heavy (non-hydrogen) atoms. The molecule has 0 bridgehead atoms. The minimum absolute atomic E-state index is 0.0519. The molecule has 2 aromatic carbocycles. The van der Waals surface area contributed by atoms with Gasteiger partial charge in [0.05, 0.1) is 24.7 Å². The van der Waals surface area contributed by atoms with Crippen molar-refractivity contribution < 1.29 is 15.0 Å². The predicted octanol–water partition coefficient (Wildman–Crippen LogP) is 3.01. The number of benzene rings is 2. The standard InChI is InChI=1S/C32H37N9O3/c1-2-26(42)38-24-15-25(29(44)28(24)43)41-19-37-27-30(39-32(40-31(27)41)34-14-13-22-16-33-18-36-22)35-17-23(20-9-5-3-6-10-20)21-11-7-4-8-12-21/h3-12,16,18-19,23-25,28-29,43-44H,2,13-15,17H2,1H3,(H,33,36)(H,38,42)(H2,34,35,39,40). The monoisotopic (exact) mass is 595 g/mol. The number of hydrogen-bond acceptors (Lipinski definition) is 9. The zero-order valence-corrected chi connectivity index (χ0v) is 24.5. The van der Waals surface area contributed by atoms with Crippen LogP contribution in [0.25, 0.3) is 11.2 Å². The van der Waals surface area contributed by atoms with Crippen LogP contribution in [0.2, 0.25) is 0 Å². The van der Waals surface area contributed by atoms with E-state index in [2.05, 4.69) is 55.2 Å². The van der Waals surface area contributed by atoms with Crippen LogP contribution in [0.3, 0.4) is 0 Å². The second kappa shape index (κ2) is 13.2. The summed E-state index contributed by atoms with van der Waals surface area (Å²) in [5.41, 5.74) is 4.39. The normalized spacial score (nSPS) is 19.8. The average molecular weight is 596 g/mol. The number of amides is 1. The Balaban J connectivity index is 1.32. The fourth-order valence-electron chi connectivity index (χ4n) is 5.83. The first-order valence-electron chi connectivity index (χ1n) is 15.0. The summed E-state index contributed by atoms with van der Waals surface area (Å²) < 4.78 is 1.78. The van der Waals surface area contributed by atoms with Gasteiger partial charge in [0.15, 0.2) is 17.0 Å². The Hall–Kier alpha value is -4.81. The number of imidazole rings is 2. The van der Waals surface area contributed by atoms with Gasteiger partial charge in [-0.1, -0.05) is 67.6 Å². The van der Waals surface area contributed by atoms with Crippen LogP contribution in [0.15, 0.2) is 79.5 Å². The third kappa shape index (κ3) is 6.26. The molecule has 1 aliphatic carbocycles. The van der Waals surface area contributed by atoms with Crippen molar-refractivity contribution in [2.75, 3.05) is 23.7 Å². The highest BCUT2D eigenvalue weighted by Gasteiger charge is 2.43. The largest absolute Gasteiger partial charge is 0.388 e. The van der Waals surface area contributed by atoms with Crippen LogP contribution in [0.4, 0.5) is 11.8 Å². The van der Waals surface area contributed by atoms with Crippen LogP contribution in [-0.2, 0) is 11.2 Å². The highest BCUT2D eigenvalue weighted by molar-refractivity contribution is 5.84. The maximum Gasteiger partial charge on any atom is 0.226 e. The van der Waals surface area contributed by atoms with Crippen LogP contribution >= 0.6 is 0 Å². The molecule has 12 nitrogen and oxygen atoms in total. The van der Waals surface area contributed by atoms with Crippen LogP contribution in [0, 0.1) is 0 Å². The summed E-state index contributed by atoms with van der Waals surface area (Å²) in [7, 11) is 0. The summed E-state index contributed by atoms with van der Waals surface area (Å²) >= 11 is 0. The predicted molar refractivity (Wildman–Crippen MR) is 167 cm³/mol. The van der Waals surface area contributed by atoms with Gasteiger partial charge in [-0.25, -0.2) is 9.97 Å². The number of aromatic nitrogens is 6. The summed E-state index contributed by atoms with van der Waals surface area (Å²) in [6.45, 7) is 2.87. The first-order chi connectivity index (χ1) is 21.5. The quantitative estimate of drug-likeness (QED) is 0.127. The third-order valence-electron chi connectivity index (χ3n) is 8.21. The van der Waals surface area contributed by atoms with Crippen molar-refractivity contribution in [3.8, 4) is 0 Å². The SMILES string of the molecule is CCC(=O)NC1CC(n2cnc3c(NCC(c4ccccc4)c4ccccc4)nc(NCCc4cnc[nH]4)nc32)C(O)C1O. The van der Waals surface area contributed by atoms with Gasteiger partial charge in [0, 0.05) is 43.7 Å². The molecule has 0 spiro atoms. The molecular formula is C32H37N9O3. The maximum absolute atomic E-state index is 12.1. The molecule has 1 fully saturated rings. The molecule has 0 radical (unpaired) electrons. The third-order valence-corrected chi connectivity index (χ3v) is 8.21. The summed E-state index contributed by atoms with van der Waals surface area (Å²) in [5, 5.41) is 31.5. The maximum atomic E-state index is 12.1. The molecule has 3 aromatic heterocycles. The lowest BCUT2D eigenvalue weighted by atomic mass is 9.91. The zero-order chi connectivity index (χ0) is 30.5. The number of nitrogens with zero attached hydrogens (tertiary/aromatic N) is 5. The van der Waals surface area contributed by atoms with Crippen LogP contribution in [0.1, 0.15) is 48.5 Å². The topological polar surface area (TPSA) is 166 Å². The summed E-state index contributed by atoms with van der Waals surface area (Å²) in [6.07, 6.45) is 4.14. The number of fused-ring (bicyclic) bond motifs is 1. The van der Waals surface area contributed by atoms with Gasteiger partial charge in [0.25, 0.3) is 0 Å². The summed E-state index contributed by atoms with van der Waals surface area (Å²) in [4.78, 5) is 33.5. The smallest absolute Gasteiger partial charge is 0.226 e. The fraction of sp³-hybridized carbons (Fsp3) is 0.344. The van der Waals surface area contributed by atoms with E-state index < -0.39 is 24.3 Å². The van der Waals surface area contributed by atoms with Crippen LogP contribution in [0.5, 0.6) is 0 Å². The number of rotatable bonds is 12. The Bertz CT molecular complexity index is 1620. The lowest BCUT2D eigenvalue weighted by Crippen LogP contribution is -2.42. The Morgan fingerprint density at radius 3 is 2.41 bits per heavy atom. The molecule has 5 aromatic rings. The number of hydrogen-bond donors (Lipinski definition) is 6. The first-order valence-corrected chi connectivity index (χ1v) is 15.0. The highest BCUT2D eigenvalue weighted by Crippen LogP contribution is 2.35. The number of nitrogens with one attached hydrogen (secondary N) is 4. The van der Waals surface area contributed by atoms with Crippen molar-refractivity contribution in [1.82, 2.24) is 34.8 Å². The average Bonchev–Trinajstić information content (AvgIpc) is 3.79. The summed E-state index contributed by atoms with van der Waals surface area (Å²) in [6, 6.07) is 19.5. The van der Waals surface area contributed by atoms with Gasteiger partial charge in [-0.2, -0.15) is 9.97 Å². The second-order valence-electron chi connectivity index (χ2n) is 11.0. The number of carbonyl (C=O) groups is 1. The van der Waals surface area contributed by atoms with Gasteiger partial charge in [-0.3, -0.25) is 4.79 Å². The van der Waals surface area contributed by atoms with Crippen molar-refractivity contribution in [3.05, 3.63) is 96.3 Å². The first kappa shape index (κ1) is 29.3. The fourth-order valence-corrected chi connectivity index (χ4v) is 5.83. The van der Waals surface area contributed by atoms with Crippen molar-refractivity contribution in [2.45, 2.75) is 56.4 Å². The van der Waals surface area contributed by atoms with Crippen molar-refractivity contribution in [3.63, 3.8) is 0 Å². The van der Waals surface area contributed by atoms with Crippen molar-refractivity contribution in [2.24, 2.45) is 0 Å². The number of aromatic amines is 1. The molecule has 6 rings (SSSR count). The molecule has 12 heteroatoms. The molecule has 1 amide bonds. The molecule has 4 unspecified atom stereocenters. The Morgan fingerprint density at radius 2 is 1.75 bits per heavy atom. The van der Waals surface area contributed by atoms with E-state index in [1.807, 2.05) is 36.4 Å². The van der Waals surface area contributed by atoms with E-state index >= 15 is 0 Å². The van der Waals surface area contributed by atoms with Crippen molar-refractivity contribution in [1.29, 1.82) is 0 Å². The molecule has 6 N–H and O–H groups in total. The Labute approximate surface area is 255 Å². The molecule has 228 valence electrons. The molecule has 4 atom stereocenters. The molecule has 1 aliphatic rings. The second-order valence-corrected chi connectivity index (χ2v) is 11.0. The molecule has 0 aliphatic heterocycles. The number of H-pyrrole nitrogens is 1. The molecule has 1 saturated carbocycles. The lowest BCUT2D eigenvalue weighted by molar-refractivity contribution is -0.122. The van der Waals surface area contributed by atoms with E-state index in [9.17, 15) is 15.0 Å². The van der Waals surface area contributed by atoms with E-state index in [4.69, 9.17) is 9.97 Å². The highest BCUT2D eigenvalue weighted by atomic mass is 16.3. The Morgan fingerprint density at radius 1 is 1.02 bits per heavy atom. The summed E-state index contributed by atoms with van der Waals surface area (Å²) in [5.74, 6) is 0.831. The number of anilines is 2. The minimum Gasteiger partial charge on any atom is -0.388 e. The van der Waals surface area contributed by atoms with E-state index in [1.54, 1.807) is 30.3 Å². The van der Waals surface area contributed by atoms with Gasteiger partial charge >= 0.3 is 0 Å². The number of aliphatic hydroxyl groups excluding tert-OH is 2. The van der Waals surface area contributed by atoms with E-state index in [1.165, 1.54) is 11.1 Å². The number of carbonyl (C=O) groups excluding carboxylic acids is 1. The van der Waals surface area contributed by atoms with Gasteiger partial charge < -0.3 is 35.7 Å². The van der Waals surface area contributed by atoms with Crippen LogP contribution in [-0.4, -0.2) is 76.9 Å². The van der Waals surface area contributed by atoms with Gasteiger partial charge in [-0.15, -0.1) is 0 Å². The zero-order valence-electron chi connectivity index (χ0n) is 24.5. The van der Waals surface area contributed by atoms with Gasteiger partial charge in [0.2, 0.25) is 11.9 Å². The van der Waals surface area contributed by atoms with Gasteiger partial charge in [0.1, 0.15) is 12.2 Å². The van der Waals surface area contributed by atoms with Crippen LogP contribution < -0.4 is 16.0 Å².